The number of hydrogen-bond acceptors (Lipinski definition) is 20. The number of ether oxygens (including phenoxy) is 1. The number of para-hydroxylation sites is 1. The van der Waals surface area contributed by atoms with E-state index in [4.69, 9.17) is 32.8 Å². The Kier molecular flexibility index (Phi) is 49.3. The highest BCUT2D eigenvalue weighted by atomic mass is 32.2. The first-order valence-corrected chi connectivity index (χ1v) is 46.7. The number of rotatable bonds is 68. The molecule has 1 aliphatic heterocycles. The van der Waals surface area contributed by atoms with Crippen LogP contribution in [0.1, 0.15) is 255 Å². The van der Waals surface area contributed by atoms with Gasteiger partial charge in [0.15, 0.2) is 34.4 Å². The van der Waals surface area contributed by atoms with Gasteiger partial charge < -0.3 is 84.0 Å². The summed E-state index contributed by atoms with van der Waals surface area (Å²) in [5.74, 6) is -12.4. The Morgan fingerprint density at radius 1 is 0.594 bits per heavy atom. The molecular formula is C94H139N17O16S. The van der Waals surface area contributed by atoms with Crippen molar-refractivity contribution < 1.29 is 77.0 Å². The van der Waals surface area contributed by atoms with Gasteiger partial charge in [-0.25, -0.2) is 4.98 Å². The zero-order valence-corrected chi connectivity index (χ0v) is 75.7. The zero-order valence-electron chi connectivity index (χ0n) is 74.9. The molecule has 0 aliphatic carbocycles. The number of nitrogens with zero attached hydrogens (tertiary/aromatic N) is 3. The summed E-state index contributed by atoms with van der Waals surface area (Å²) < 4.78 is 4.70. The summed E-state index contributed by atoms with van der Waals surface area (Å²) in [5.41, 5.74) is 20.0. The molecule has 33 nitrogen and oxygen atoms in total. The highest BCUT2D eigenvalue weighted by Gasteiger charge is 2.43. The molecule has 3 heterocycles. The highest BCUT2D eigenvalue weighted by Crippen LogP contribution is 2.34. The van der Waals surface area contributed by atoms with Crippen molar-refractivity contribution in [3.05, 3.63) is 126 Å². The Morgan fingerprint density at radius 3 is 1.73 bits per heavy atom. The third-order valence-electron chi connectivity index (χ3n) is 23.2. The van der Waals surface area contributed by atoms with Gasteiger partial charge >= 0.3 is 0 Å². The van der Waals surface area contributed by atoms with Crippen molar-refractivity contribution in [3.63, 3.8) is 0 Å². The fraction of sp³-hybridized carbons (Fsp3) is 0.585. The first-order chi connectivity index (χ1) is 61.7. The van der Waals surface area contributed by atoms with E-state index in [1.165, 1.54) is 84.4 Å². The fourth-order valence-electron chi connectivity index (χ4n) is 16.4. The lowest BCUT2D eigenvalue weighted by Crippen LogP contribution is -2.55. The summed E-state index contributed by atoms with van der Waals surface area (Å²) in [6.45, 7) is 5.11. The number of aromatic amines is 2. The number of nitrogens with one attached hydrogen (secondary N) is 11. The number of fused-ring (bicyclic) bond motifs is 1. The molecule has 128 heavy (non-hydrogen) atoms. The van der Waals surface area contributed by atoms with E-state index >= 15 is 24.0 Å². The molecule has 0 radical (unpaired) electrons. The maximum Gasteiger partial charge on any atom is 0.293 e. The number of aromatic nitrogens is 3. The average Bonchev–Trinajstić information content (AvgIpc) is 1.42. The summed E-state index contributed by atoms with van der Waals surface area (Å²) in [6, 6.07) is 19.3. The van der Waals surface area contributed by atoms with E-state index in [-0.39, 0.29) is 139 Å². The number of carbonyl (C=O) groups excluding carboxylic acids is 14. The van der Waals surface area contributed by atoms with Crippen LogP contribution in [0.3, 0.4) is 0 Å². The standard InChI is InChI=1S/C94H139N17O16S/c1-4-5-6-7-8-9-10-11-12-13-14-15-18-29-46-101-84(121)60-110(59-82(95)119)85(122)45-26-17-16-25-43-79(116)77(53-71-57-104-76-42-28-27-41-75(71)76)106-90(124)69(39-31-48-103-94(98)99)54-80(117)78(61-128-65(3)114)107-89(123)68(38-30-47-102-93(96)97)52-74(115)56-73-40-32-49-111(73)92(126)88(86(66-34-21-19-22-35-66)67-36-23-20-24-37-67)109-91(125)70(51-72-58-100-62-105-72)55-81(118)87(64(2)113)108-83(120)44-33-50-127-63-112/h19-24,27-28,34-37,41-42,57-58,62-64,68-70,73,77-78,86-88,104,113H,4-18,25-26,29-33,38-40,43-56,59-61H2,1-3H3,(H2,95,119)(H,100,105)(H,101,121)(H,106,124)(H,107,123)(H,108,120)(H,109,125)(H4,96,97,102)(H4,98,99,103). The number of likely N-dealkylation sites (tertiary alicyclic amines) is 1. The summed E-state index contributed by atoms with van der Waals surface area (Å²) in [5, 5.41) is 46.7. The first-order valence-electron chi connectivity index (χ1n) is 45.7. The molecule has 6 rings (SSSR count). The minimum Gasteiger partial charge on any atom is -0.468 e. The molecule has 0 spiro atoms. The van der Waals surface area contributed by atoms with Gasteiger partial charge in [-0.05, 0) is 93.9 Å². The van der Waals surface area contributed by atoms with Gasteiger partial charge in [-0.2, -0.15) is 0 Å². The number of aliphatic hydroxyl groups excluding tert-OH is 1. The minimum absolute atomic E-state index is 0.0111. The Labute approximate surface area is 756 Å². The Balaban J connectivity index is 1.16. The van der Waals surface area contributed by atoms with E-state index in [9.17, 15) is 48.3 Å². The van der Waals surface area contributed by atoms with E-state index in [2.05, 4.69) is 59.1 Å². The number of carbonyl (C=O) groups is 14. The van der Waals surface area contributed by atoms with Gasteiger partial charge in [0, 0.05) is 144 Å². The number of hydrogen-bond donors (Lipinski definition) is 15. The number of nitrogens with two attached hydrogens (primary N) is 3. The number of imidazole rings is 1. The van der Waals surface area contributed by atoms with Crippen LogP contribution in [0.15, 0.2) is 104 Å². The largest absolute Gasteiger partial charge is 0.468 e. The van der Waals surface area contributed by atoms with E-state index < -0.39 is 150 Å². The second-order valence-corrected chi connectivity index (χ2v) is 34.8. The lowest BCUT2D eigenvalue weighted by molar-refractivity contribution is -0.140. The Morgan fingerprint density at radius 2 is 1.15 bits per heavy atom. The molecule has 2 aromatic heterocycles. The number of primary amides is 1. The molecule has 0 bridgehead atoms. The predicted octanol–water partition coefficient (Wildman–Crippen LogP) is 8.52. The molecule has 1 aliphatic rings. The number of unbranched alkanes of at least 4 members (excludes halogenated alkanes) is 16. The zero-order chi connectivity index (χ0) is 93.0. The molecular weight excluding hydrogens is 1660 g/mol. The molecule has 5 aromatic rings. The van der Waals surface area contributed by atoms with Crippen LogP contribution in [0, 0.1) is 28.6 Å². The average molecular weight is 1800 g/mol. The van der Waals surface area contributed by atoms with Crippen molar-refractivity contribution in [3.8, 4) is 0 Å². The monoisotopic (exact) mass is 1790 g/mol. The minimum atomic E-state index is -1.46. The number of Topliss-reactive ketones (excluding diaryl/α,β-unsaturated/α-hetero) is 4. The normalized spacial score (nSPS) is 14.3. The van der Waals surface area contributed by atoms with Crippen LogP contribution in [-0.2, 0) is 84.7 Å². The lowest BCUT2D eigenvalue weighted by atomic mass is 9.83. The lowest BCUT2D eigenvalue weighted by Gasteiger charge is -2.35. The number of benzene rings is 3. The molecule has 8 amide bonds. The molecule has 1 saturated heterocycles. The van der Waals surface area contributed by atoms with Crippen molar-refractivity contribution in [1.29, 1.82) is 10.8 Å². The van der Waals surface area contributed by atoms with Crippen molar-refractivity contribution in [2.24, 2.45) is 35.0 Å². The molecule has 702 valence electrons. The van der Waals surface area contributed by atoms with Gasteiger partial charge in [0.2, 0.25) is 47.3 Å². The van der Waals surface area contributed by atoms with E-state index in [1.54, 1.807) is 53.7 Å². The first kappa shape index (κ1) is 106. The van der Waals surface area contributed by atoms with Crippen LogP contribution in [0.2, 0.25) is 0 Å². The molecule has 1 fully saturated rings. The molecule has 3 aromatic carbocycles. The number of H-pyrrole nitrogens is 2. The third kappa shape index (κ3) is 40.0. The van der Waals surface area contributed by atoms with Gasteiger partial charge in [0.05, 0.1) is 49.3 Å². The van der Waals surface area contributed by atoms with E-state index in [0.717, 1.165) is 58.8 Å². The maximum absolute atomic E-state index is 15.9. The van der Waals surface area contributed by atoms with Gasteiger partial charge in [-0.15, -0.1) is 0 Å². The quantitative estimate of drug-likeness (QED) is 0.00750. The number of thioether (sulfide) groups is 1. The van der Waals surface area contributed by atoms with Crippen LogP contribution in [0.25, 0.3) is 10.9 Å². The van der Waals surface area contributed by atoms with Crippen LogP contribution < -0.4 is 54.4 Å². The number of ketones is 4. The second kappa shape index (κ2) is 59.8. The summed E-state index contributed by atoms with van der Waals surface area (Å²) >= 11 is 0.753. The third-order valence-corrected chi connectivity index (χ3v) is 24.1. The van der Waals surface area contributed by atoms with E-state index in [0.29, 0.717) is 61.9 Å². The van der Waals surface area contributed by atoms with Gasteiger partial charge in [-0.3, -0.25) is 77.9 Å². The van der Waals surface area contributed by atoms with E-state index in [1.807, 2.05) is 48.5 Å². The van der Waals surface area contributed by atoms with Crippen molar-refractivity contribution in [1.82, 2.24) is 62.0 Å². The molecule has 0 saturated carbocycles. The molecule has 9 unspecified atom stereocenters. The smallest absolute Gasteiger partial charge is 0.293 e. The Bertz CT molecular complexity index is 4280. The second-order valence-electron chi connectivity index (χ2n) is 33.6. The van der Waals surface area contributed by atoms with Gasteiger partial charge in [0.1, 0.15) is 24.4 Å². The van der Waals surface area contributed by atoms with Crippen LogP contribution in [0.5, 0.6) is 0 Å². The number of guanidine groups is 2. The van der Waals surface area contributed by atoms with Crippen molar-refractivity contribution >= 4 is 117 Å². The molecule has 18 N–H and O–H groups in total. The number of amides is 8. The van der Waals surface area contributed by atoms with Crippen LogP contribution in [-0.4, -0.2) is 212 Å². The fourth-order valence-corrected chi connectivity index (χ4v) is 17.0. The number of aliphatic hydroxyl groups is 1. The summed E-state index contributed by atoms with van der Waals surface area (Å²) in [7, 11) is 0. The van der Waals surface area contributed by atoms with Crippen LogP contribution in [0.4, 0.5) is 0 Å². The van der Waals surface area contributed by atoms with Gasteiger partial charge in [0.25, 0.3) is 6.47 Å². The summed E-state index contributed by atoms with van der Waals surface area (Å²) in [6.07, 6.45) is 21.3. The van der Waals surface area contributed by atoms with Crippen molar-refractivity contribution in [2.45, 2.75) is 281 Å². The topological polar surface area (TPSA) is 529 Å². The Hall–Kier alpha value is -11.2. The molecule has 9 atom stereocenters. The highest BCUT2D eigenvalue weighted by molar-refractivity contribution is 8.13. The SMILES string of the molecule is CCCCCCCCCCCCCCCCNC(=O)CN(CC(N)=O)C(=O)CCCCCCC(=O)C(Cc1c[nH]c2ccccc12)NC(=O)C(CCCNC(=N)N)CC(=O)C(CSC(C)=O)NC(=O)C(CCCNC(=N)N)CC(=O)CC1CCCN1C(=O)C(NC(=O)C(CC(=O)C(NC(=O)CCCOC=O)C(C)O)Cc1c[nH]cn1)C(c1ccccc1)c1ccccc1. The van der Waals surface area contributed by atoms with Gasteiger partial charge in [-0.1, -0.05) is 194 Å². The predicted molar refractivity (Wildman–Crippen MR) is 492 cm³/mol. The maximum atomic E-state index is 15.9. The summed E-state index contributed by atoms with van der Waals surface area (Å²) in [4.78, 5) is 209. The van der Waals surface area contributed by atoms with Crippen molar-refractivity contribution in [2.75, 3.05) is 51.6 Å². The van der Waals surface area contributed by atoms with Crippen LogP contribution >= 0.6 is 11.8 Å². The molecule has 34 heteroatoms.